The van der Waals surface area contributed by atoms with Crippen LogP contribution in [0.3, 0.4) is 0 Å². The minimum Gasteiger partial charge on any atom is -0.388 e. The number of rotatable bonds is 8. The molecule has 26 heavy (non-hydrogen) atoms. The van der Waals surface area contributed by atoms with Crippen LogP contribution in [0.15, 0.2) is 6.07 Å². The fourth-order valence-electron chi connectivity index (χ4n) is 3.27. The first-order chi connectivity index (χ1) is 12.5. The van der Waals surface area contributed by atoms with Crippen molar-refractivity contribution < 1.29 is 14.6 Å². The number of hydrogen-bond acceptors (Lipinski definition) is 6. The second-order valence-electron chi connectivity index (χ2n) is 6.62. The van der Waals surface area contributed by atoms with Crippen LogP contribution < -0.4 is 5.32 Å². The summed E-state index contributed by atoms with van der Waals surface area (Å²) in [5.74, 6) is 1.56. The van der Waals surface area contributed by atoms with Crippen molar-refractivity contribution in [3.05, 3.63) is 29.1 Å². The number of amides is 1. The second-order valence-corrected chi connectivity index (χ2v) is 6.62. The zero-order valence-corrected chi connectivity index (χ0v) is 15.5. The molecule has 1 amide bonds. The molecule has 1 aliphatic rings. The van der Waals surface area contributed by atoms with Gasteiger partial charge in [0.25, 0.3) is 5.91 Å². The molecule has 2 aromatic rings. The van der Waals surface area contributed by atoms with Crippen molar-refractivity contribution in [2.45, 2.75) is 51.8 Å². The third-order valence-corrected chi connectivity index (χ3v) is 4.76. The van der Waals surface area contributed by atoms with Gasteiger partial charge in [-0.2, -0.15) is 5.10 Å². The Morgan fingerprint density at radius 2 is 2.19 bits per heavy atom. The lowest BCUT2D eigenvalue weighted by molar-refractivity contribution is 0.0889. The Bertz CT molecular complexity index is 763. The number of aromatic nitrogens is 5. The quantitative estimate of drug-likeness (QED) is 0.663. The molecule has 142 valence electrons. The first-order valence-electron chi connectivity index (χ1n) is 8.95. The van der Waals surface area contributed by atoms with Crippen molar-refractivity contribution >= 4 is 5.91 Å². The first kappa shape index (κ1) is 18.5. The van der Waals surface area contributed by atoms with Crippen molar-refractivity contribution in [1.82, 2.24) is 29.9 Å². The van der Waals surface area contributed by atoms with Gasteiger partial charge in [-0.15, -0.1) is 10.2 Å². The number of carbonyl (C=O) groups excluding carboxylic acids is 1. The molecule has 3 rings (SSSR count). The summed E-state index contributed by atoms with van der Waals surface area (Å²) < 4.78 is 8.88. The molecule has 1 fully saturated rings. The smallest absolute Gasteiger partial charge is 0.269 e. The summed E-state index contributed by atoms with van der Waals surface area (Å²) in [6.07, 6.45) is 1.63. The van der Waals surface area contributed by atoms with Gasteiger partial charge in [0.05, 0.1) is 18.8 Å². The van der Waals surface area contributed by atoms with Crippen LogP contribution in [0.25, 0.3) is 0 Å². The van der Waals surface area contributed by atoms with Crippen LogP contribution in [0.5, 0.6) is 0 Å². The Kier molecular flexibility index (Phi) is 5.67. The predicted molar refractivity (Wildman–Crippen MR) is 93.6 cm³/mol. The van der Waals surface area contributed by atoms with Crippen LogP contribution in [-0.4, -0.2) is 54.8 Å². The Morgan fingerprint density at radius 3 is 2.85 bits per heavy atom. The van der Waals surface area contributed by atoms with E-state index < -0.39 is 0 Å². The van der Waals surface area contributed by atoms with E-state index >= 15 is 0 Å². The topological polar surface area (TPSA) is 107 Å². The predicted octanol–water partition coefficient (Wildman–Crippen LogP) is 0.525. The molecule has 0 radical (unpaired) electrons. The molecule has 1 aliphatic carbocycles. The van der Waals surface area contributed by atoms with Gasteiger partial charge in [-0.1, -0.05) is 0 Å². The van der Waals surface area contributed by atoms with Crippen molar-refractivity contribution in [3.8, 4) is 0 Å². The lowest BCUT2D eigenvalue weighted by Crippen LogP contribution is -2.44. The number of aliphatic hydroxyl groups excluding tert-OH is 1. The molecule has 0 aromatic carbocycles. The molecule has 0 atom stereocenters. The van der Waals surface area contributed by atoms with Gasteiger partial charge >= 0.3 is 0 Å². The largest absolute Gasteiger partial charge is 0.388 e. The molecule has 2 aromatic heterocycles. The first-order valence-corrected chi connectivity index (χ1v) is 8.95. The average Bonchev–Trinajstić information content (AvgIpc) is 3.13. The van der Waals surface area contributed by atoms with Crippen LogP contribution in [0.1, 0.15) is 53.5 Å². The fourth-order valence-corrected chi connectivity index (χ4v) is 3.27. The fraction of sp³-hybridized carbons (Fsp3) is 0.647. The minimum atomic E-state index is -0.124. The molecule has 1 saturated carbocycles. The molecule has 0 bridgehead atoms. The summed E-state index contributed by atoms with van der Waals surface area (Å²) in [4.78, 5) is 12.6. The van der Waals surface area contributed by atoms with E-state index in [-0.39, 0.29) is 24.5 Å². The highest BCUT2D eigenvalue weighted by Gasteiger charge is 2.35. The van der Waals surface area contributed by atoms with Crippen LogP contribution in [0, 0.1) is 6.92 Å². The Balaban J connectivity index is 1.56. The normalized spacial score (nSPS) is 19.4. The third kappa shape index (κ3) is 3.78. The molecule has 9 heteroatoms. The monoisotopic (exact) mass is 362 g/mol. The molecular weight excluding hydrogens is 336 g/mol. The van der Waals surface area contributed by atoms with Crippen molar-refractivity contribution in [1.29, 1.82) is 0 Å². The number of carbonyl (C=O) groups is 1. The van der Waals surface area contributed by atoms with Crippen LogP contribution >= 0.6 is 0 Å². The van der Waals surface area contributed by atoms with Gasteiger partial charge in [0.15, 0.2) is 5.82 Å². The standard InChI is InChI=1S/C17H26N6O3/c1-4-26-6-5-23-14(7-11(2)21-23)17(25)18-13-8-12(9-13)16-20-19-15(10-24)22(16)3/h7,12-13,24H,4-6,8-10H2,1-3H3,(H,18,25). The molecular formula is C17H26N6O3. The Labute approximate surface area is 152 Å². The summed E-state index contributed by atoms with van der Waals surface area (Å²) in [5.41, 5.74) is 1.38. The maximum Gasteiger partial charge on any atom is 0.269 e. The van der Waals surface area contributed by atoms with E-state index in [0.717, 1.165) is 24.4 Å². The zero-order valence-electron chi connectivity index (χ0n) is 15.5. The van der Waals surface area contributed by atoms with E-state index in [1.165, 1.54) is 0 Å². The number of aryl methyl sites for hydroxylation is 1. The number of aliphatic hydroxyl groups is 1. The van der Waals surface area contributed by atoms with Gasteiger partial charge in [-0.05, 0) is 32.8 Å². The van der Waals surface area contributed by atoms with Crippen molar-refractivity contribution in [2.24, 2.45) is 7.05 Å². The number of nitrogens with zero attached hydrogens (tertiary/aromatic N) is 5. The lowest BCUT2D eigenvalue weighted by atomic mass is 9.79. The maximum atomic E-state index is 12.6. The molecule has 0 aliphatic heterocycles. The van der Waals surface area contributed by atoms with Gasteiger partial charge < -0.3 is 19.7 Å². The van der Waals surface area contributed by atoms with Gasteiger partial charge in [0, 0.05) is 25.6 Å². The summed E-state index contributed by atoms with van der Waals surface area (Å²) in [5, 5.41) is 24.8. The summed E-state index contributed by atoms with van der Waals surface area (Å²) in [6.45, 7) is 5.42. The molecule has 2 N–H and O–H groups in total. The van der Waals surface area contributed by atoms with E-state index in [4.69, 9.17) is 4.74 Å². The summed E-state index contributed by atoms with van der Waals surface area (Å²) in [7, 11) is 1.85. The van der Waals surface area contributed by atoms with Crippen molar-refractivity contribution in [3.63, 3.8) is 0 Å². The molecule has 0 spiro atoms. The van der Waals surface area contributed by atoms with E-state index in [9.17, 15) is 9.90 Å². The lowest BCUT2D eigenvalue weighted by Gasteiger charge is -2.35. The highest BCUT2D eigenvalue weighted by molar-refractivity contribution is 5.93. The van der Waals surface area contributed by atoms with E-state index in [2.05, 4.69) is 20.6 Å². The number of nitrogens with one attached hydrogen (secondary N) is 1. The minimum absolute atomic E-state index is 0.109. The molecule has 0 unspecified atom stereocenters. The van der Waals surface area contributed by atoms with E-state index in [1.54, 1.807) is 10.7 Å². The molecule has 9 nitrogen and oxygen atoms in total. The Morgan fingerprint density at radius 1 is 1.42 bits per heavy atom. The molecule has 2 heterocycles. The maximum absolute atomic E-state index is 12.6. The van der Waals surface area contributed by atoms with Gasteiger partial charge in [0.2, 0.25) is 0 Å². The van der Waals surface area contributed by atoms with E-state index in [1.807, 2.05) is 25.5 Å². The van der Waals surface area contributed by atoms with E-state index in [0.29, 0.717) is 31.3 Å². The SMILES string of the molecule is CCOCCn1nc(C)cc1C(=O)NC1CC(c2nnc(CO)n2C)C1. The highest BCUT2D eigenvalue weighted by atomic mass is 16.5. The third-order valence-electron chi connectivity index (χ3n) is 4.76. The number of hydrogen-bond donors (Lipinski definition) is 2. The van der Waals surface area contributed by atoms with Crippen molar-refractivity contribution in [2.75, 3.05) is 13.2 Å². The van der Waals surface area contributed by atoms with Gasteiger partial charge in [0.1, 0.15) is 18.1 Å². The molecule has 0 saturated heterocycles. The highest BCUT2D eigenvalue weighted by Crippen LogP contribution is 2.36. The summed E-state index contributed by atoms with van der Waals surface area (Å²) in [6, 6.07) is 1.91. The van der Waals surface area contributed by atoms with Gasteiger partial charge in [-0.3, -0.25) is 9.48 Å². The van der Waals surface area contributed by atoms with Gasteiger partial charge in [-0.25, -0.2) is 0 Å². The number of ether oxygens (including phenoxy) is 1. The zero-order chi connectivity index (χ0) is 18.7. The second kappa shape index (κ2) is 7.96. The Hall–Kier alpha value is -2.26. The van der Waals surface area contributed by atoms with Crippen LogP contribution in [0.4, 0.5) is 0 Å². The van der Waals surface area contributed by atoms with Crippen LogP contribution in [0.2, 0.25) is 0 Å². The van der Waals surface area contributed by atoms with Crippen LogP contribution in [-0.2, 0) is 24.9 Å². The summed E-state index contributed by atoms with van der Waals surface area (Å²) >= 11 is 0. The average molecular weight is 362 g/mol.